The Hall–Kier alpha value is -1.85. The van der Waals surface area contributed by atoms with E-state index in [2.05, 4.69) is 35.8 Å². The maximum atomic E-state index is 11.7. The molecule has 21 heavy (non-hydrogen) atoms. The van der Waals surface area contributed by atoms with Crippen LogP contribution in [0.15, 0.2) is 12.7 Å². The minimum atomic E-state index is -0.558. The first-order valence-electron chi connectivity index (χ1n) is 7.12. The molecule has 0 saturated carbocycles. The van der Waals surface area contributed by atoms with E-state index in [1.54, 1.807) is 0 Å². The summed E-state index contributed by atoms with van der Waals surface area (Å²) >= 11 is 0. The molecule has 0 bridgehead atoms. The first-order chi connectivity index (χ1) is 9.88. The third-order valence-electron chi connectivity index (χ3n) is 2.92. The number of nitrogens with one attached hydrogen (secondary N) is 2. The molecule has 2 N–H and O–H groups in total. The second-order valence-corrected chi connectivity index (χ2v) is 5.34. The molecule has 120 valence electrons. The van der Waals surface area contributed by atoms with Crippen molar-refractivity contribution in [2.45, 2.75) is 33.1 Å². The monoisotopic (exact) mass is 298 g/mol. The van der Waals surface area contributed by atoms with Gasteiger partial charge in [-0.05, 0) is 24.3 Å². The lowest BCUT2D eigenvalue weighted by molar-refractivity contribution is -0.121. The number of ether oxygens (including phenoxy) is 1. The van der Waals surface area contributed by atoms with Gasteiger partial charge >= 0.3 is 6.09 Å². The molecular formula is C15H26N2O4. The Kier molecular flexibility index (Phi) is 9.92. The van der Waals surface area contributed by atoms with E-state index in [0.29, 0.717) is 18.9 Å². The minimum Gasteiger partial charge on any atom is -0.453 e. The van der Waals surface area contributed by atoms with Gasteiger partial charge in [-0.15, -0.1) is 0 Å². The Labute approximate surface area is 126 Å². The molecule has 0 saturated heterocycles. The predicted octanol–water partition coefficient (Wildman–Crippen LogP) is 1.66. The number of allylic oxidation sites excluding steroid dienone is 1. The average Bonchev–Trinajstić information content (AvgIpc) is 2.43. The zero-order valence-electron chi connectivity index (χ0n) is 13.1. The Bertz CT molecular complexity index is 367. The number of alkyl carbamates (subject to hydrolysis) is 1. The summed E-state index contributed by atoms with van der Waals surface area (Å²) in [6.45, 7) is 8.29. The molecule has 0 radical (unpaired) electrons. The van der Waals surface area contributed by atoms with Gasteiger partial charge in [-0.2, -0.15) is 0 Å². The smallest absolute Gasteiger partial charge is 0.406 e. The van der Waals surface area contributed by atoms with Crippen molar-refractivity contribution in [1.29, 1.82) is 0 Å². The van der Waals surface area contributed by atoms with E-state index >= 15 is 0 Å². The predicted molar refractivity (Wildman–Crippen MR) is 80.8 cm³/mol. The van der Waals surface area contributed by atoms with Crippen LogP contribution < -0.4 is 10.6 Å². The zero-order chi connectivity index (χ0) is 16.3. The van der Waals surface area contributed by atoms with E-state index in [0.717, 1.165) is 6.42 Å². The average molecular weight is 298 g/mol. The van der Waals surface area contributed by atoms with Crippen LogP contribution in [0.2, 0.25) is 0 Å². The van der Waals surface area contributed by atoms with Gasteiger partial charge in [0.05, 0.1) is 7.11 Å². The van der Waals surface area contributed by atoms with Crippen LogP contribution in [-0.2, 0) is 14.3 Å². The fourth-order valence-electron chi connectivity index (χ4n) is 1.97. The van der Waals surface area contributed by atoms with E-state index < -0.39 is 6.09 Å². The number of hydrogen-bond acceptors (Lipinski definition) is 4. The van der Waals surface area contributed by atoms with Gasteiger partial charge in [0.2, 0.25) is 5.91 Å². The SMILES string of the molecule is C=CC(=O)C[C@@H](CNC(=O)CCNC(=O)OC)CC(C)C. The summed E-state index contributed by atoms with van der Waals surface area (Å²) < 4.78 is 4.40. The van der Waals surface area contributed by atoms with E-state index in [1.165, 1.54) is 13.2 Å². The van der Waals surface area contributed by atoms with Crippen molar-refractivity contribution < 1.29 is 19.1 Å². The molecule has 6 heteroatoms. The maximum Gasteiger partial charge on any atom is 0.406 e. The van der Waals surface area contributed by atoms with Crippen molar-refractivity contribution in [3.05, 3.63) is 12.7 Å². The van der Waals surface area contributed by atoms with Crippen molar-refractivity contribution in [3.8, 4) is 0 Å². The summed E-state index contributed by atoms with van der Waals surface area (Å²) in [4.78, 5) is 33.9. The zero-order valence-corrected chi connectivity index (χ0v) is 13.1. The second-order valence-electron chi connectivity index (χ2n) is 5.34. The Morgan fingerprint density at radius 2 is 1.90 bits per heavy atom. The van der Waals surface area contributed by atoms with Gasteiger partial charge in [0.1, 0.15) is 0 Å². The maximum absolute atomic E-state index is 11.7. The molecule has 6 nitrogen and oxygen atoms in total. The molecule has 0 aromatic heterocycles. The molecule has 0 aromatic carbocycles. The summed E-state index contributed by atoms with van der Waals surface area (Å²) in [5, 5.41) is 5.23. The van der Waals surface area contributed by atoms with Crippen molar-refractivity contribution in [2.75, 3.05) is 20.2 Å². The number of ketones is 1. The van der Waals surface area contributed by atoms with Gasteiger partial charge < -0.3 is 15.4 Å². The van der Waals surface area contributed by atoms with Crippen LogP contribution in [0, 0.1) is 11.8 Å². The molecule has 0 aliphatic heterocycles. The molecule has 0 aromatic rings. The first kappa shape index (κ1) is 19.1. The summed E-state index contributed by atoms with van der Waals surface area (Å²) in [7, 11) is 1.27. The number of carbonyl (C=O) groups excluding carboxylic acids is 3. The molecule has 0 unspecified atom stereocenters. The fraction of sp³-hybridized carbons (Fsp3) is 0.667. The summed E-state index contributed by atoms with van der Waals surface area (Å²) in [5.41, 5.74) is 0. The lowest BCUT2D eigenvalue weighted by Crippen LogP contribution is -2.34. The van der Waals surface area contributed by atoms with Crippen molar-refractivity contribution in [1.82, 2.24) is 10.6 Å². The highest BCUT2D eigenvalue weighted by atomic mass is 16.5. The lowest BCUT2D eigenvalue weighted by atomic mass is 9.92. The fourth-order valence-corrected chi connectivity index (χ4v) is 1.97. The summed E-state index contributed by atoms with van der Waals surface area (Å²) in [5.74, 6) is 0.381. The van der Waals surface area contributed by atoms with Crippen LogP contribution in [0.3, 0.4) is 0 Å². The van der Waals surface area contributed by atoms with Gasteiger partial charge in [-0.1, -0.05) is 20.4 Å². The van der Waals surface area contributed by atoms with E-state index in [4.69, 9.17) is 0 Å². The van der Waals surface area contributed by atoms with Crippen LogP contribution in [0.5, 0.6) is 0 Å². The topological polar surface area (TPSA) is 84.5 Å². The standard InChI is InChI=1S/C15H26N2O4/c1-5-13(18)9-12(8-11(2)3)10-17-14(19)6-7-16-15(20)21-4/h5,11-12H,1,6-10H2,2-4H3,(H,16,20)(H,17,19)/t12-/m0/s1. The number of methoxy groups -OCH3 is 1. The van der Waals surface area contributed by atoms with Crippen molar-refractivity contribution in [3.63, 3.8) is 0 Å². The quantitative estimate of drug-likeness (QED) is 0.601. The van der Waals surface area contributed by atoms with Crippen LogP contribution >= 0.6 is 0 Å². The molecule has 0 rings (SSSR count). The molecule has 0 heterocycles. The van der Waals surface area contributed by atoms with Crippen LogP contribution in [0.4, 0.5) is 4.79 Å². The highest BCUT2D eigenvalue weighted by molar-refractivity contribution is 5.89. The highest BCUT2D eigenvalue weighted by Gasteiger charge is 2.15. The number of hydrogen-bond donors (Lipinski definition) is 2. The number of rotatable bonds is 10. The van der Waals surface area contributed by atoms with Crippen molar-refractivity contribution >= 4 is 17.8 Å². The van der Waals surface area contributed by atoms with Crippen LogP contribution in [0.25, 0.3) is 0 Å². The van der Waals surface area contributed by atoms with Crippen molar-refractivity contribution in [2.24, 2.45) is 11.8 Å². The molecule has 0 spiro atoms. The van der Waals surface area contributed by atoms with Crippen LogP contribution in [-0.4, -0.2) is 38.0 Å². The molecule has 0 fully saturated rings. The van der Waals surface area contributed by atoms with Gasteiger partial charge in [0.25, 0.3) is 0 Å². The molecule has 0 aliphatic rings. The molecule has 2 amide bonds. The van der Waals surface area contributed by atoms with Crippen LogP contribution in [0.1, 0.15) is 33.1 Å². The van der Waals surface area contributed by atoms with Gasteiger partial charge in [0, 0.05) is 25.9 Å². The largest absolute Gasteiger partial charge is 0.453 e. The van der Waals surface area contributed by atoms with Gasteiger partial charge in [0.15, 0.2) is 5.78 Å². The lowest BCUT2D eigenvalue weighted by Gasteiger charge is -2.18. The normalized spacial score (nSPS) is 11.6. The first-order valence-corrected chi connectivity index (χ1v) is 7.12. The van der Waals surface area contributed by atoms with E-state index in [1.807, 2.05) is 0 Å². The number of carbonyl (C=O) groups is 3. The van der Waals surface area contributed by atoms with E-state index in [-0.39, 0.29) is 30.6 Å². The van der Waals surface area contributed by atoms with Gasteiger partial charge in [-0.25, -0.2) is 4.79 Å². The summed E-state index contributed by atoms with van der Waals surface area (Å²) in [6.07, 6.45) is 2.19. The molecular weight excluding hydrogens is 272 g/mol. The van der Waals surface area contributed by atoms with E-state index in [9.17, 15) is 14.4 Å². The third-order valence-corrected chi connectivity index (χ3v) is 2.92. The number of amides is 2. The third kappa shape index (κ3) is 10.6. The summed E-state index contributed by atoms with van der Waals surface area (Å²) in [6, 6.07) is 0. The molecule has 1 atom stereocenters. The van der Waals surface area contributed by atoms with Gasteiger partial charge in [-0.3, -0.25) is 9.59 Å². The Morgan fingerprint density at radius 3 is 2.43 bits per heavy atom. The Balaban J connectivity index is 4.09. The molecule has 0 aliphatic carbocycles. The minimum absolute atomic E-state index is 0.0118. The highest BCUT2D eigenvalue weighted by Crippen LogP contribution is 2.15. The second kappa shape index (κ2) is 10.9. The Morgan fingerprint density at radius 1 is 1.24 bits per heavy atom.